The average molecular weight is 572 g/mol. The van der Waals surface area contributed by atoms with Crippen LogP contribution in [0.15, 0.2) is 73.4 Å². The smallest absolute Gasteiger partial charge is 0.331 e. The number of benzene rings is 2. The average Bonchev–Trinajstić information content (AvgIpc) is 3.33. The number of para-hydroxylation sites is 1. The zero-order valence-electron chi connectivity index (χ0n) is 22.1. The molecule has 0 bridgehead atoms. The van der Waals surface area contributed by atoms with Crippen LogP contribution < -0.4 is 20.3 Å². The van der Waals surface area contributed by atoms with Crippen molar-refractivity contribution >= 4 is 56.5 Å². The second-order valence-corrected chi connectivity index (χ2v) is 10.9. The van der Waals surface area contributed by atoms with Gasteiger partial charge in [0, 0.05) is 25.2 Å². The molecule has 9 nitrogen and oxygen atoms in total. The Bertz CT molecular complexity index is 1690. The summed E-state index contributed by atoms with van der Waals surface area (Å²) in [6.45, 7) is 5.49. The highest BCUT2D eigenvalue weighted by atomic mass is 32.1. The first-order valence-electron chi connectivity index (χ1n) is 13.0. The zero-order chi connectivity index (χ0) is 28.7. The maximum atomic E-state index is 14.4. The molecule has 2 atom stereocenters. The SMILES string of the molecule is C=CC(=O)N1CC(F)C[C@@H](NC(=O)c2sc3nccc4c3c2NC(=O)N4c2ccc(Oc3ccccc3)cc2C)C1. The molecule has 2 aliphatic rings. The van der Waals surface area contributed by atoms with Crippen LogP contribution in [-0.2, 0) is 4.79 Å². The van der Waals surface area contributed by atoms with Crippen LogP contribution in [0.25, 0.3) is 10.2 Å². The Morgan fingerprint density at radius 3 is 2.71 bits per heavy atom. The van der Waals surface area contributed by atoms with E-state index in [0.29, 0.717) is 38.8 Å². The first-order valence-corrected chi connectivity index (χ1v) is 13.9. The van der Waals surface area contributed by atoms with Crippen LogP contribution in [0.5, 0.6) is 11.5 Å². The minimum absolute atomic E-state index is 0.0384. The number of alkyl halides is 1. The van der Waals surface area contributed by atoms with E-state index in [4.69, 9.17) is 4.74 Å². The highest BCUT2D eigenvalue weighted by Gasteiger charge is 2.35. The Labute approximate surface area is 239 Å². The summed E-state index contributed by atoms with van der Waals surface area (Å²) in [4.78, 5) is 47.1. The molecule has 4 heterocycles. The number of thiophene rings is 1. The quantitative estimate of drug-likeness (QED) is 0.279. The van der Waals surface area contributed by atoms with E-state index in [1.807, 2.05) is 49.4 Å². The van der Waals surface area contributed by atoms with Gasteiger partial charge in [0.2, 0.25) is 5.91 Å². The van der Waals surface area contributed by atoms with Crippen molar-refractivity contribution in [2.75, 3.05) is 23.3 Å². The first-order chi connectivity index (χ1) is 19.8. The molecule has 2 N–H and O–H groups in total. The van der Waals surface area contributed by atoms with E-state index >= 15 is 0 Å². The lowest BCUT2D eigenvalue weighted by Crippen LogP contribution is -2.53. The molecule has 41 heavy (non-hydrogen) atoms. The monoisotopic (exact) mass is 571 g/mol. The molecule has 2 aromatic carbocycles. The summed E-state index contributed by atoms with van der Waals surface area (Å²) in [5.41, 5.74) is 2.42. The zero-order valence-corrected chi connectivity index (χ0v) is 22.9. The van der Waals surface area contributed by atoms with Crippen LogP contribution in [0.3, 0.4) is 0 Å². The van der Waals surface area contributed by atoms with Gasteiger partial charge in [-0.05, 0) is 55.0 Å². The number of hydrogen-bond donors (Lipinski definition) is 2. The summed E-state index contributed by atoms with van der Waals surface area (Å²) in [6.07, 6.45) is 1.54. The number of carbonyl (C=O) groups excluding carboxylic acids is 3. The van der Waals surface area contributed by atoms with E-state index < -0.39 is 24.2 Å². The molecule has 1 fully saturated rings. The van der Waals surface area contributed by atoms with Crippen LogP contribution in [0.4, 0.5) is 26.2 Å². The van der Waals surface area contributed by atoms with E-state index in [1.165, 1.54) is 4.90 Å². The first kappa shape index (κ1) is 26.5. The normalized spacial score (nSPS) is 18.1. The number of ether oxygens (including phenoxy) is 1. The van der Waals surface area contributed by atoms with Crippen molar-refractivity contribution in [1.82, 2.24) is 15.2 Å². The minimum atomic E-state index is -1.27. The summed E-state index contributed by atoms with van der Waals surface area (Å²) < 4.78 is 20.3. The number of aryl methyl sites for hydroxylation is 1. The fourth-order valence-electron chi connectivity index (χ4n) is 5.25. The van der Waals surface area contributed by atoms with Crippen molar-refractivity contribution in [1.29, 1.82) is 0 Å². The predicted molar refractivity (Wildman–Crippen MR) is 156 cm³/mol. The summed E-state index contributed by atoms with van der Waals surface area (Å²) in [7, 11) is 0. The Hall–Kier alpha value is -4.77. The Morgan fingerprint density at radius 1 is 1.15 bits per heavy atom. The molecule has 2 aliphatic heterocycles. The number of piperidine rings is 1. The van der Waals surface area contributed by atoms with Crippen molar-refractivity contribution in [2.45, 2.75) is 25.6 Å². The predicted octanol–water partition coefficient (Wildman–Crippen LogP) is 5.94. The molecule has 0 radical (unpaired) electrons. The van der Waals surface area contributed by atoms with Gasteiger partial charge >= 0.3 is 6.03 Å². The third-order valence-electron chi connectivity index (χ3n) is 7.06. The summed E-state index contributed by atoms with van der Waals surface area (Å²) in [6, 6.07) is 15.6. The van der Waals surface area contributed by atoms with E-state index in [9.17, 15) is 18.8 Å². The molecule has 0 aliphatic carbocycles. The molecule has 208 valence electrons. The molecule has 4 amide bonds. The van der Waals surface area contributed by atoms with Gasteiger partial charge in [0.25, 0.3) is 5.91 Å². The molecular formula is C30H26FN5O4S. The van der Waals surface area contributed by atoms with Gasteiger partial charge in [-0.2, -0.15) is 0 Å². The van der Waals surface area contributed by atoms with Gasteiger partial charge in [-0.15, -0.1) is 11.3 Å². The number of nitrogens with zero attached hydrogens (tertiary/aromatic N) is 3. The molecule has 0 spiro atoms. The largest absolute Gasteiger partial charge is 0.457 e. The topological polar surface area (TPSA) is 104 Å². The highest BCUT2D eigenvalue weighted by Crippen LogP contribution is 2.46. The van der Waals surface area contributed by atoms with Crippen molar-refractivity contribution in [3.05, 3.63) is 83.9 Å². The number of urea groups is 1. The van der Waals surface area contributed by atoms with Gasteiger partial charge < -0.3 is 20.3 Å². The minimum Gasteiger partial charge on any atom is -0.457 e. The van der Waals surface area contributed by atoms with Crippen molar-refractivity contribution < 1.29 is 23.5 Å². The van der Waals surface area contributed by atoms with Crippen LogP contribution >= 0.6 is 11.3 Å². The standard InChI is InChI=1S/C30H26FN5O4S/c1-3-24(37)35-15-18(31)14-19(16-35)33-28(38)27-26-25-23(11-12-32-29(25)41-27)36(30(39)34-26)22-10-9-21(13-17(22)2)40-20-7-5-4-6-8-20/h3-13,18-19H,1,14-16H2,2H3,(H,33,38)(H,34,39)/t18?,19-/m1/s1. The number of amides is 4. The molecule has 4 aromatic rings. The van der Waals surface area contributed by atoms with E-state index in [2.05, 4.69) is 22.2 Å². The van der Waals surface area contributed by atoms with Gasteiger partial charge in [-0.3, -0.25) is 14.5 Å². The third-order valence-corrected chi connectivity index (χ3v) is 8.16. The Kier molecular flexibility index (Phi) is 6.88. The summed E-state index contributed by atoms with van der Waals surface area (Å²) in [5.74, 6) is 0.484. The van der Waals surface area contributed by atoms with Gasteiger partial charge in [-0.1, -0.05) is 24.8 Å². The fraction of sp³-hybridized carbons (Fsp3) is 0.200. The lowest BCUT2D eigenvalue weighted by atomic mass is 10.0. The van der Waals surface area contributed by atoms with Gasteiger partial charge in [0.1, 0.15) is 27.4 Å². The van der Waals surface area contributed by atoms with Crippen molar-refractivity contribution in [3.8, 4) is 11.5 Å². The Balaban J connectivity index is 1.29. The van der Waals surface area contributed by atoms with Gasteiger partial charge in [0.05, 0.1) is 29.0 Å². The van der Waals surface area contributed by atoms with E-state index in [1.54, 1.807) is 23.2 Å². The number of likely N-dealkylation sites (tertiary alicyclic amines) is 1. The van der Waals surface area contributed by atoms with Crippen molar-refractivity contribution in [3.63, 3.8) is 0 Å². The molecule has 1 unspecified atom stereocenters. The highest BCUT2D eigenvalue weighted by molar-refractivity contribution is 7.21. The molecule has 2 aromatic heterocycles. The van der Waals surface area contributed by atoms with Crippen molar-refractivity contribution in [2.24, 2.45) is 0 Å². The van der Waals surface area contributed by atoms with E-state index in [-0.39, 0.29) is 30.3 Å². The van der Waals surface area contributed by atoms with Crippen LogP contribution in [0.1, 0.15) is 21.7 Å². The van der Waals surface area contributed by atoms with Crippen LogP contribution in [0, 0.1) is 6.92 Å². The number of nitrogens with one attached hydrogen (secondary N) is 2. The molecule has 6 rings (SSSR count). The number of aromatic nitrogens is 1. The number of carbonyl (C=O) groups is 3. The maximum absolute atomic E-state index is 14.4. The third kappa shape index (κ3) is 5.00. The van der Waals surface area contributed by atoms with Gasteiger partial charge in [-0.25, -0.2) is 14.2 Å². The number of hydrogen-bond acceptors (Lipinski definition) is 6. The molecule has 11 heteroatoms. The number of rotatable bonds is 6. The second-order valence-electron chi connectivity index (χ2n) is 9.90. The number of anilines is 3. The van der Waals surface area contributed by atoms with Crippen LogP contribution in [-0.4, -0.2) is 53.0 Å². The lowest BCUT2D eigenvalue weighted by Gasteiger charge is -2.34. The number of halogens is 1. The number of pyridine rings is 1. The lowest BCUT2D eigenvalue weighted by molar-refractivity contribution is -0.128. The summed E-state index contributed by atoms with van der Waals surface area (Å²) in [5, 5.41) is 6.36. The molecular weight excluding hydrogens is 545 g/mol. The Morgan fingerprint density at radius 2 is 1.95 bits per heavy atom. The second kappa shape index (κ2) is 10.7. The van der Waals surface area contributed by atoms with Gasteiger partial charge in [0.15, 0.2) is 0 Å². The molecule has 0 saturated carbocycles. The fourth-order valence-corrected chi connectivity index (χ4v) is 6.27. The van der Waals surface area contributed by atoms with E-state index in [0.717, 1.165) is 23.0 Å². The maximum Gasteiger partial charge on any atom is 0.331 e. The van der Waals surface area contributed by atoms with Crippen LogP contribution in [0.2, 0.25) is 0 Å². The summed E-state index contributed by atoms with van der Waals surface area (Å²) >= 11 is 1.14. The molecule has 1 saturated heterocycles.